The van der Waals surface area contributed by atoms with Crippen molar-refractivity contribution >= 4 is 40.6 Å². The molecule has 4 aliphatic rings. The summed E-state index contributed by atoms with van der Waals surface area (Å²) in [5.41, 5.74) is 24.4. The van der Waals surface area contributed by atoms with Gasteiger partial charge in [-0.2, -0.15) is 0 Å². The van der Waals surface area contributed by atoms with E-state index >= 15 is 4.39 Å². The zero-order valence-corrected chi connectivity index (χ0v) is 37.7. The van der Waals surface area contributed by atoms with Crippen molar-refractivity contribution in [3.8, 4) is 5.75 Å². The van der Waals surface area contributed by atoms with Gasteiger partial charge in [0, 0.05) is 113 Å². The molecule has 3 aliphatic heterocycles. The number of pyridine rings is 1. The van der Waals surface area contributed by atoms with Gasteiger partial charge in [0.15, 0.2) is 0 Å². The number of morpholine rings is 1. The number of nitrogens with one attached hydrogen (secondary N) is 1. The number of piperidine rings is 2. The molecule has 15 nitrogen and oxygen atoms in total. The normalized spacial score (nSPS) is 20.7. The van der Waals surface area contributed by atoms with E-state index in [2.05, 4.69) is 27.0 Å². The second kappa shape index (κ2) is 19.1. The van der Waals surface area contributed by atoms with E-state index in [-0.39, 0.29) is 60.9 Å². The summed E-state index contributed by atoms with van der Waals surface area (Å²) in [6, 6.07) is 14.9. The van der Waals surface area contributed by atoms with Crippen molar-refractivity contribution in [3.63, 3.8) is 0 Å². The number of allylic oxidation sites excluding steroid dienone is 1. The molecule has 5 heterocycles. The SMILES string of the molecule is Cc1cc(C(=O)N2CCC(F)(CN3CCC(n4cc(C5CC5)c5cc(N(C)CCC(=O)NC=O)cnc54)CC3)CC2)ccc1C1CN(C(/C=C(\N)c2ccccc2O)=C(N)N)CC(C)O1. The highest BCUT2D eigenvalue weighted by Crippen LogP contribution is 2.45. The Morgan fingerprint density at radius 3 is 2.42 bits per heavy atom. The van der Waals surface area contributed by atoms with Crippen LogP contribution in [0, 0.1) is 6.92 Å². The van der Waals surface area contributed by atoms with E-state index in [9.17, 15) is 19.5 Å². The number of anilines is 1. The number of nitrogens with two attached hydrogens (primary N) is 3. The summed E-state index contributed by atoms with van der Waals surface area (Å²) in [6.07, 6.45) is 10.6. The summed E-state index contributed by atoms with van der Waals surface area (Å²) < 4.78 is 25.3. The Hall–Kier alpha value is -6.13. The molecule has 2 aromatic heterocycles. The molecule has 2 atom stereocenters. The highest BCUT2D eigenvalue weighted by Gasteiger charge is 2.39. The van der Waals surface area contributed by atoms with Crippen LogP contribution in [-0.4, -0.2) is 119 Å². The largest absolute Gasteiger partial charge is 0.507 e. The molecule has 8 N–H and O–H groups in total. The number of amides is 3. The van der Waals surface area contributed by atoms with Gasteiger partial charge in [0.25, 0.3) is 5.91 Å². The first-order chi connectivity index (χ1) is 31.2. The number of phenolic OH excluding ortho intramolecular Hbond substituents is 1. The van der Waals surface area contributed by atoms with E-state index in [0.717, 1.165) is 66.6 Å². The quantitative estimate of drug-likeness (QED) is 0.0825. The molecule has 0 bridgehead atoms. The molecule has 346 valence electrons. The summed E-state index contributed by atoms with van der Waals surface area (Å²) in [5.74, 6) is 0.264. The van der Waals surface area contributed by atoms with Crippen molar-refractivity contribution in [2.24, 2.45) is 17.2 Å². The van der Waals surface area contributed by atoms with Gasteiger partial charge < -0.3 is 51.2 Å². The molecule has 3 saturated heterocycles. The number of halogens is 1. The van der Waals surface area contributed by atoms with Crippen LogP contribution in [0.5, 0.6) is 5.75 Å². The lowest BCUT2D eigenvalue weighted by molar-refractivity contribution is -0.125. The molecule has 1 saturated carbocycles. The first-order valence-corrected chi connectivity index (χ1v) is 22.9. The molecule has 2 aromatic carbocycles. The third kappa shape index (κ3) is 10.2. The van der Waals surface area contributed by atoms with E-state index in [1.807, 2.05) is 55.1 Å². The van der Waals surface area contributed by atoms with Crippen LogP contribution in [0.25, 0.3) is 16.7 Å². The first-order valence-electron chi connectivity index (χ1n) is 22.9. The number of benzene rings is 2. The van der Waals surface area contributed by atoms with E-state index in [1.54, 1.807) is 35.2 Å². The third-order valence-corrected chi connectivity index (χ3v) is 13.7. The van der Waals surface area contributed by atoms with Gasteiger partial charge in [-0.15, -0.1) is 0 Å². The number of nitrogens with zero attached hydrogens (tertiary/aromatic N) is 6. The van der Waals surface area contributed by atoms with Gasteiger partial charge in [0.1, 0.15) is 29.0 Å². The number of aromatic nitrogens is 2. The zero-order valence-electron chi connectivity index (χ0n) is 37.7. The maximum atomic E-state index is 16.5. The average Bonchev–Trinajstić information content (AvgIpc) is 4.07. The minimum Gasteiger partial charge on any atom is -0.507 e. The molecule has 4 aromatic rings. The number of phenols is 1. The Labute approximate surface area is 380 Å². The summed E-state index contributed by atoms with van der Waals surface area (Å²) >= 11 is 0. The van der Waals surface area contributed by atoms with Crippen molar-refractivity contribution in [1.29, 1.82) is 0 Å². The molecular formula is C49H63FN10O5. The lowest BCUT2D eigenvalue weighted by Gasteiger charge is -2.41. The summed E-state index contributed by atoms with van der Waals surface area (Å²) in [7, 11) is 1.93. The van der Waals surface area contributed by atoms with Gasteiger partial charge in [-0.05, 0) is 98.5 Å². The second-order valence-electron chi connectivity index (χ2n) is 18.5. The molecule has 8 rings (SSSR count). The second-order valence-corrected chi connectivity index (χ2v) is 18.5. The van der Waals surface area contributed by atoms with Crippen molar-refractivity contribution in [3.05, 3.63) is 106 Å². The van der Waals surface area contributed by atoms with Crippen LogP contribution in [0.3, 0.4) is 0 Å². The number of ether oxygens (including phenoxy) is 1. The minimum atomic E-state index is -1.37. The molecule has 0 radical (unpaired) electrons. The number of carbonyl (C=O) groups excluding carboxylic acids is 3. The number of aromatic hydroxyl groups is 1. The fourth-order valence-corrected chi connectivity index (χ4v) is 9.89. The number of fused-ring (bicyclic) bond motifs is 1. The summed E-state index contributed by atoms with van der Waals surface area (Å²) in [5, 5.41) is 13.7. The van der Waals surface area contributed by atoms with E-state index < -0.39 is 5.67 Å². The maximum Gasteiger partial charge on any atom is 0.253 e. The summed E-state index contributed by atoms with van der Waals surface area (Å²) in [6.45, 7) is 8.01. The average molecular weight is 891 g/mol. The van der Waals surface area contributed by atoms with Crippen LogP contribution in [0.1, 0.15) is 103 Å². The number of likely N-dealkylation sites (tertiary alicyclic amines) is 2. The highest BCUT2D eigenvalue weighted by atomic mass is 19.1. The van der Waals surface area contributed by atoms with Crippen LogP contribution in [0.15, 0.2) is 78.5 Å². The first kappa shape index (κ1) is 45.4. The highest BCUT2D eigenvalue weighted by molar-refractivity contribution is 5.94. The number of para-hydroxylation sites is 1. The predicted molar refractivity (Wildman–Crippen MR) is 249 cm³/mol. The number of hydrogen-bond donors (Lipinski definition) is 5. The molecule has 1 aliphatic carbocycles. The molecule has 16 heteroatoms. The molecule has 3 amide bonds. The number of rotatable bonds is 14. The monoisotopic (exact) mass is 890 g/mol. The maximum absolute atomic E-state index is 16.5. The Morgan fingerprint density at radius 2 is 1.74 bits per heavy atom. The number of hydrogen-bond acceptors (Lipinski definition) is 12. The van der Waals surface area contributed by atoms with Crippen LogP contribution in [0.2, 0.25) is 0 Å². The smallest absolute Gasteiger partial charge is 0.253 e. The minimum absolute atomic E-state index is 0.0557. The molecule has 2 unspecified atom stereocenters. The zero-order chi connectivity index (χ0) is 46.0. The van der Waals surface area contributed by atoms with Crippen LogP contribution in [0.4, 0.5) is 10.1 Å². The lowest BCUT2D eigenvalue weighted by Crippen LogP contribution is -2.51. The third-order valence-electron chi connectivity index (χ3n) is 13.7. The number of carbonyl (C=O) groups is 3. The van der Waals surface area contributed by atoms with Crippen molar-refractivity contribution in [2.75, 3.05) is 64.3 Å². The number of alkyl halides is 1. The molecular weight excluding hydrogens is 828 g/mol. The van der Waals surface area contributed by atoms with Crippen molar-refractivity contribution in [1.82, 2.24) is 29.6 Å². The van der Waals surface area contributed by atoms with Crippen LogP contribution < -0.4 is 27.4 Å². The lowest BCUT2D eigenvalue weighted by atomic mass is 9.91. The van der Waals surface area contributed by atoms with Crippen LogP contribution in [-0.2, 0) is 14.3 Å². The fourth-order valence-electron chi connectivity index (χ4n) is 9.89. The Morgan fingerprint density at radius 1 is 1.00 bits per heavy atom. The predicted octanol–water partition coefficient (Wildman–Crippen LogP) is 5.16. The van der Waals surface area contributed by atoms with E-state index in [1.165, 1.54) is 5.56 Å². The molecule has 4 fully saturated rings. The van der Waals surface area contributed by atoms with E-state index in [4.69, 9.17) is 26.9 Å². The van der Waals surface area contributed by atoms with Gasteiger partial charge in [0.2, 0.25) is 12.3 Å². The Balaban J connectivity index is 0.850. The van der Waals surface area contributed by atoms with Crippen molar-refractivity contribution < 1.29 is 28.6 Å². The van der Waals surface area contributed by atoms with Crippen molar-refractivity contribution in [2.45, 2.75) is 88.6 Å². The topological polar surface area (TPSA) is 202 Å². The standard InChI is InChI=1S/C49H63FN10O5/c1-31-22-34(10-11-37(31)44-28-59(26-32(2)65-44)42(46(52)53)24-41(51)38-6-4-5-7-43(38)62)48(64)58-20-15-49(50,16-21-58)29-57-18-12-35(13-19-57)60-27-40(33-8-9-33)39-23-36(25-54-47(39)60)56(3)17-14-45(63)55-30-61/h4-7,10-11,22-25,27,30,32-33,35,44,62H,8-9,12-21,26,28-29,51-53H2,1-3H3,(H,55,61,63)/b41-24-. The summed E-state index contributed by atoms with van der Waals surface area (Å²) in [4.78, 5) is 49.3. The van der Waals surface area contributed by atoms with Crippen LogP contribution >= 0.6 is 0 Å². The fraction of sp³-hybridized carbons (Fsp3) is 0.469. The number of imide groups is 1. The van der Waals surface area contributed by atoms with Gasteiger partial charge in [-0.25, -0.2) is 9.37 Å². The molecule has 65 heavy (non-hydrogen) atoms. The van der Waals surface area contributed by atoms with Gasteiger partial charge in [-0.1, -0.05) is 18.2 Å². The van der Waals surface area contributed by atoms with E-state index in [0.29, 0.717) is 74.1 Å². The van der Waals surface area contributed by atoms with Gasteiger partial charge in [-0.3, -0.25) is 19.7 Å². The van der Waals surface area contributed by atoms with Gasteiger partial charge in [0.05, 0.1) is 23.7 Å². The van der Waals surface area contributed by atoms with Gasteiger partial charge >= 0.3 is 0 Å². The Bertz CT molecular complexity index is 2460. The Kier molecular flexibility index (Phi) is 13.4. The number of aryl methyl sites for hydroxylation is 1. The molecule has 0 spiro atoms.